The molecule has 2 aromatic rings. The maximum atomic E-state index is 12.5. The van der Waals surface area contributed by atoms with E-state index in [1.807, 2.05) is 16.3 Å². The normalized spacial score (nSPS) is 22.5. The monoisotopic (exact) mass is 333 g/mol. The van der Waals surface area contributed by atoms with Gasteiger partial charge in [0.25, 0.3) is 0 Å². The van der Waals surface area contributed by atoms with Gasteiger partial charge in [0.15, 0.2) is 0 Å². The third kappa shape index (κ3) is 2.89. The zero-order valence-corrected chi connectivity index (χ0v) is 13.6. The lowest BCUT2D eigenvalue weighted by Crippen LogP contribution is -2.57. The van der Waals surface area contributed by atoms with Crippen LogP contribution in [-0.2, 0) is 9.53 Å². The molecule has 0 spiro atoms. The summed E-state index contributed by atoms with van der Waals surface area (Å²) in [5, 5.41) is 5.27. The van der Waals surface area contributed by atoms with Gasteiger partial charge in [-0.2, -0.15) is 0 Å². The highest BCUT2D eigenvalue weighted by Crippen LogP contribution is 2.28. The predicted octanol–water partition coefficient (Wildman–Crippen LogP) is 0.328. The van der Waals surface area contributed by atoms with Crippen LogP contribution in [0.3, 0.4) is 0 Å². The average molecular weight is 333 g/mol. The van der Waals surface area contributed by atoms with Crippen molar-refractivity contribution < 1.29 is 9.53 Å². The number of rotatable bonds is 2. The number of hydrogen-bond acceptors (Lipinski definition) is 7. The van der Waals surface area contributed by atoms with Gasteiger partial charge >= 0.3 is 0 Å². The fourth-order valence-electron chi connectivity index (χ4n) is 3.08. The average Bonchev–Trinajstić information content (AvgIpc) is 3.11. The molecule has 1 amide bonds. The summed E-state index contributed by atoms with van der Waals surface area (Å²) in [6.45, 7) is 4.92. The number of carbonyl (C=O) groups is 1. The van der Waals surface area contributed by atoms with E-state index in [1.54, 1.807) is 17.7 Å². The van der Waals surface area contributed by atoms with Gasteiger partial charge in [-0.15, -0.1) is 11.3 Å². The molecule has 0 saturated carbocycles. The van der Waals surface area contributed by atoms with Gasteiger partial charge in [-0.3, -0.25) is 4.79 Å². The first-order valence-corrected chi connectivity index (χ1v) is 8.74. The number of hydrogen-bond donors (Lipinski definition) is 1. The van der Waals surface area contributed by atoms with Crippen molar-refractivity contribution in [2.24, 2.45) is 0 Å². The van der Waals surface area contributed by atoms with Gasteiger partial charge in [0.1, 0.15) is 18.2 Å². The number of ether oxygens (including phenoxy) is 1. The van der Waals surface area contributed by atoms with Crippen molar-refractivity contribution in [3.05, 3.63) is 17.8 Å². The Labute approximate surface area is 138 Å². The minimum absolute atomic E-state index is 0.147. The smallest absolute Gasteiger partial charge is 0.242 e. The highest BCUT2D eigenvalue weighted by atomic mass is 32.1. The second-order valence-corrected chi connectivity index (χ2v) is 6.64. The second kappa shape index (κ2) is 6.38. The predicted molar refractivity (Wildman–Crippen MR) is 88.8 cm³/mol. The molecule has 2 aliphatic rings. The van der Waals surface area contributed by atoms with Crippen molar-refractivity contribution >= 4 is 33.3 Å². The lowest BCUT2D eigenvalue weighted by atomic mass is 10.2. The van der Waals surface area contributed by atoms with E-state index in [-0.39, 0.29) is 11.9 Å². The molecule has 122 valence electrons. The van der Waals surface area contributed by atoms with Crippen LogP contribution in [0, 0.1) is 0 Å². The molecule has 0 aromatic carbocycles. The molecule has 1 N–H and O–H groups in total. The van der Waals surface area contributed by atoms with Crippen LogP contribution in [0.25, 0.3) is 10.2 Å². The van der Waals surface area contributed by atoms with Crippen LogP contribution in [-0.4, -0.2) is 72.8 Å². The Morgan fingerprint density at radius 2 is 2.17 bits per heavy atom. The first kappa shape index (κ1) is 14.8. The van der Waals surface area contributed by atoms with E-state index in [0.717, 1.165) is 35.7 Å². The zero-order chi connectivity index (χ0) is 15.6. The molecule has 2 aromatic heterocycles. The summed E-state index contributed by atoms with van der Waals surface area (Å²) in [6, 6.07) is 1.82. The van der Waals surface area contributed by atoms with E-state index in [4.69, 9.17) is 4.74 Å². The largest absolute Gasteiger partial charge is 0.378 e. The van der Waals surface area contributed by atoms with Gasteiger partial charge in [-0.25, -0.2) is 9.97 Å². The van der Waals surface area contributed by atoms with Gasteiger partial charge in [-0.1, -0.05) is 0 Å². The van der Waals surface area contributed by atoms with Crippen molar-refractivity contribution in [2.45, 2.75) is 6.04 Å². The van der Waals surface area contributed by atoms with Gasteiger partial charge in [-0.05, 0) is 11.4 Å². The maximum absolute atomic E-state index is 12.5. The van der Waals surface area contributed by atoms with Crippen molar-refractivity contribution in [1.29, 1.82) is 0 Å². The van der Waals surface area contributed by atoms with Gasteiger partial charge in [0.05, 0.1) is 23.4 Å². The number of thiophene rings is 1. The van der Waals surface area contributed by atoms with E-state index in [0.29, 0.717) is 26.3 Å². The van der Waals surface area contributed by atoms with Crippen molar-refractivity contribution in [3.63, 3.8) is 0 Å². The fourth-order valence-corrected chi connectivity index (χ4v) is 3.95. The van der Waals surface area contributed by atoms with E-state index >= 15 is 0 Å². The summed E-state index contributed by atoms with van der Waals surface area (Å²) in [5.41, 5.74) is 0.988. The third-order valence-corrected chi connectivity index (χ3v) is 5.23. The minimum atomic E-state index is -0.196. The van der Waals surface area contributed by atoms with Crippen LogP contribution in [0.2, 0.25) is 0 Å². The van der Waals surface area contributed by atoms with Crippen LogP contribution in [0.4, 0.5) is 5.82 Å². The summed E-state index contributed by atoms with van der Waals surface area (Å²) in [7, 11) is 0. The van der Waals surface area contributed by atoms with Crippen LogP contribution in [0.15, 0.2) is 17.8 Å². The summed E-state index contributed by atoms with van der Waals surface area (Å²) in [6.07, 6.45) is 1.62. The molecule has 1 unspecified atom stereocenters. The molecule has 8 heteroatoms. The van der Waals surface area contributed by atoms with Crippen molar-refractivity contribution in [1.82, 2.24) is 20.2 Å². The Hall–Kier alpha value is -1.77. The van der Waals surface area contributed by atoms with E-state index in [1.165, 1.54) is 0 Å². The Morgan fingerprint density at radius 1 is 1.30 bits per heavy atom. The highest BCUT2D eigenvalue weighted by molar-refractivity contribution is 7.17. The number of aromatic nitrogens is 2. The molecular weight excluding hydrogens is 314 g/mol. The summed E-state index contributed by atoms with van der Waals surface area (Å²) >= 11 is 1.66. The summed E-state index contributed by atoms with van der Waals surface area (Å²) in [4.78, 5) is 25.4. The first-order chi connectivity index (χ1) is 11.3. The summed E-state index contributed by atoms with van der Waals surface area (Å²) < 4.78 is 6.51. The second-order valence-electron chi connectivity index (χ2n) is 5.73. The van der Waals surface area contributed by atoms with Gasteiger partial charge in [0, 0.05) is 32.7 Å². The maximum Gasteiger partial charge on any atom is 0.242 e. The molecule has 7 nitrogen and oxygen atoms in total. The molecule has 1 atom stereocenters. The molecular formula is C15H19N5O2S. The SMILES string of the molecule is O=C(C1COCCN1)N1CCN(c2ncnc3ccsc23)CC1. The van der Waals surface area contributed by atoms with Crippen molar-refractivity contribution in [3.8, 4) is 0 Å². The molecule has 4 rings (SSSR count). The Balaban J connectivity index is 1.42. The van der Waals surface area contributed by atoms with Crippen LogP contribution < -0.4 is 10.2 Å². The molecule has 0 aliphatic carbocycles. The Bertz CT molecular complexity index is 692. The van der Waals surface area contributed by atoms with Crippen LogP contribution >= 0.6 is 11.3 Å². The number of nitrogens with zero attached hydrogens (tertiary/aromatic N) is 4. The zero-order valence-electron chi connectivity index (χ0n) is 12.8. The third-order valence-electron chi connectivity index (χ3n) is 4.34. The topological polar surface area (TPSA) is 70.6 Å². The highest BCUT2D eigenvalue weighted by Gasteiger charge is 2.29. The van der Waals surface area contributed by atoms with Crippen LogP contribution in [0.1, 0.15) is 0 Å². The lowest BCUT2D eigenvalue weighted by Gasteiger charge is -2.37. The van der Waals surface area contributed by atoms with E-state index in [9.17, 15) is 4.79 Å². The standard InChI is InChI=1S/C15H19N5O2S/c21-15(12-9-22-7-2-16-12)20-5-3-19(4-6-20)14-13-11(1-8-23-13)17-10-18-14/h1,8,10,12,16H,2-7,9H2. The van der Waals surface area contributed by atoms with Crippen LogP contribution in [0.5, 0.6) is 0 Å². The Kier molecular flexibility index (Phi) is 4.11. The number of fused-ring (bicyclic) bond motifs is 1. The Morgan fingerprint density at radius 3 is 2.96 bits per heavy atom. The molecule has 4 heterocycles. The number of amides is 1. The summed E-state index contributed by atoms with van der Waals surface area (Å²) in [5.74, 6) is 1.13. The number of piperazine rings is 1. The molecule has 2 fully saturated rings. The van der Waals surface area contributed by atoms with E-state index in [2.05, 4.69) is 20.2 Å². The first-order valence-electron chi connectivity index (χ1n) is 7.86. The molecule has 2 saturated heterocycles. The molecule has 0 bridgehead atoms. The number of anilines is 1. The lowest BCUT2D eigenvalue weighted by molar-refractivity contribution is -0.136. The molecule has 23 heavy (non-hydrogen) atoms. The number of morpholine rings is 1. The minimum Gasteiger partial charge on any atom is -0.378 e. The number of carbonyl (C=O) groups excluding carboxylic acids is 1. The quantitative estimate of drug-likeness (QED) is 0.854. The molecule has 0 radical (unpaired) electrons. The fraction of sp³-hybridized carbons (Fsp3) is 0.533. The van der Waals surface area contributed by atoms with Gasteiger partial charge in [0.2, 0.25) is 5.91 Å². The van der Waals surface area contributed by atoms with Gasteiger partial charge < -0.3 is 19.9 Å². The number of nitrogens with one attached hydrogen (secondary N) is 1. The van der Waals surface area contributed by atoms with E-state index < -0.39 is 0 Å². The molecule has 2 aliphatic heterocycles. The van der Waals surface area contributed by atoms with Crippen molar-refractivity contribution in [2.75, 3.05) is 50.8 Å².